The van der Waals surface area contributed by atoms with E-state index < -0.39 is 0 Å². The molecular formula is C15H23N3O. The number of aromatic nitrogens is 1. The van der Waals surface area contributed by atoms with Crippen LogP contribution in [0.2, 0.25) is 0 Å². The molecule has 1 N–H and O–H groups in total. The number of likely N-dealkylation sites (tertiary alicyclic amines) is 1. The number of nitrogens with one attached hydrogen (secondary N) is 1. The van der Waals surface area contributed by atoms with Gasteiger partial charge in [-0.25, -0.2) is 0 Å². The maximum Gasteiger partial charge on any atom is 0.228 e. The molecule has 1 fully saturated rings. The fourth-order valence-electron chi connectivity index (χ4n) is 2.59. The highest BCUT2D eigenvalue weighted by Crippen LogP contribution is 2.20. The Bertz CT molecular complexity index is 386. The van der Waals surface area contributed by atoms with Gasteiger partial charge in [-0.1, -0.05) is 6.07 Å². The van der Waals surface area contributed by atoms with Crippen LogP contribution < -0.4 is 5.32 Å². The van der Waals surface area contributed by atoms with Gasteiger partial charge in [0.05, 0.1) is 6.42 Å². The first kappa shape index (κ1) is 14.0. The average molecular weight is 261 g/mol. The molecule has 0 unspecified atom stereocenters. The van der Waals surface area contributed by atoms with Crippen molar-refractivity contribution in [1.29, 1.82) is 0 Å². The Morgan fingerprint density at radius 1 is 1.42 bits per heavy atom. The molecule has 19 heavy (non-hydrogen) atoms. The number of hydrogen-bond donors (Lipinski definition) is 1. The van der Waals surface area contributed by atoms with E-state index in [2.05, 4.69) is 10.3 Å². The van der Waals surface area contributed by atoms with Crippen LogP contribution in [-0.2, 0) is 11.2 Å². The molecule has 1 aliphatic heterocycles. The zero-order chi connectivity index (χ0) is 13.5. The lowest BCUT2D eigenvalue weighted by Crippen LogP contribution is -2.39. The minimum absolute atomic E-state index is 0.214. The summed E-state index contributed by atoms with van der Waals surface area (Å²) >= 11 is 0. The summed E-state index contributed by atoms with van der Waals surface area (Å²) in [7, 11) is 1.99. The van der Waals surface area contributed by atoms with Crippen LogP contribution in [0.15, 0.2) is 24.4 Å². The van der Waals surface area contributed by atoms with Crippen LogP contribution in [0.4, 0.5) is 0 Å². The molecule has 0 bridgehead atoms. The zero-order valence-corrected chi connectivity index (χ0v) is 11.6. The van der Waals surface area contributed by atoms with Crippen molar-refractivity contribution < 1.29 is 4.79 Å². The third kappa shape index (κ3) is 4.31. The summed E-state index contributed by atoms with van der Waals surface area (Å²) in [6.45, 7) is 2.88. The summed E-state index contributed by atoms with van der Waals surface area (Å²) < 4.78 is 0. The maximum atomic E-state index is 12.2. The lowest BCUT2D eigenvalue weighted by molar-refractivity contribution is -0.131. The molecule has 0 atom stereocenters. The molecule has 0 saturated carbocycles. The Kier molecular flexibility index (Phi) is 5.33. The van der Waals surface area contributed by atoms with Crippen molar-refractivity contribution in [3.63, 3.8) is 0 Å². The third-order valence-corrected chi connectivity index (χ3v) is 3.83. The van der Waals surface area contributed by atoms with Gasteiger partial charge >= 0.3 is 0 Å². The zero-order valence-electron chi connectivity index (χ0n) is 11.6. The molecule has 0 aliphatic carbocycles. The second-order valence-electron chi connectivity index (χ2n) is 5.21. The molecule has 0 radical (unpaired) electrons. The molecule has 2 heterocycles. The SMILES string of the molecule is CNCCC1CCN(C(=O)Cc2ccccn2)CC1. The standard InChI is InChI=1S/C15H23N3O/c1-16-9-5-13-6-10-18(11-7-13)15(19)12-14-4-2-3-8-17-14/h2-4,8,13,16H,5-7,9-12H2,1H3. The van der Waals surface area contributed by atoms with Crippen molar-refractivity contribution in [2.75, 3.05) is 26.7 Å². The number of rotatable bonds is 5. The van der Waals surface area contributed by atoms with E-state index in [1.807, 2.05) is 30.1 Å². The molecule has 1 amide bonds. The first-order chi connectivity index (χ1) is 9.29. The number of hydrogen-bond acceptors (Lipinski definition) is 3. The quantitative estimate of drug-likeness (QED) is 0.873. The average Bonchev–Trinajstić information content (AvgIpc) is 2.46. The van der Waals surface area contributed by atoms with E-state index >= 15 is 0 Å². The van der Waals surface area contributed by atoms with E-state index in [9.17, 15) is 4.79 Å². The number of nitrogens with zero attached hydrogens (tertiary/aromatic N) is 2. The minimum atomic E-state index is 0.214. The van der Waals surface area contributed by atoms with Crippen molar-refractivity contribution in [1.82, 2.24) is 15.2 Å². The van der Waals surface area contributed by atoms with Crippen molar-refractivity contribution in [3.05, 3.63) is 30.1 Å². The van der Waals surface area contributed by atoms with Gasteiger partial charge in [0, 0.05) is 25.0 Å². The Balaban J connectivity index is 1.76. The fourth-order valence-corrected chi connectivity index (χ4v) is 2.59. The summed E-state index contributed by atoms with van der Waals surface area (Å²) in [6, 6.07) is 5.72. The molecule has 1 saturated heterocycles. The van der Waals surface area contributed by atoms with E-state index in [1.54, 1.807) is 6.20 Å². The summed E-state index contributed by atoms with van der Waals surface area (Å²) in [5.74, 6) is 0.983. The highest BCUT2D eigenvalue weighted by molar-refractivity contribution is 5.78. The molecule has 1 aliphatic rings. The van der Waals surface area contributed by atoms with Crippen LogP contribution in [0, 0.1) is 5.92 Å². The van der Waals surface area contributed by atoms with Crippen molar-refractivity contribution in [2.24, 2.45) is 5.92 Å². The minimum Gasteiger partial charge on any atom is -0.342 e. The highest BCUT2D eigenvalue weighted by Gasteiger charge is 2.22. The van der Waals surface area contributed by atoms with Crippen LogP contribution in [0.5, 0.6) is 0 Å². The van der Waals surface area contributed by atoms with Crippen molar-refractivity contribution >= 4 is 5.91 Å². The normalized spacial score (nSPS) is 16.6. The Hall–Kier alpha value is -1.42. The molecule has 2 rings (SSSR count). The lowest BCUT2D eigenvalue weighted by Gasteiger charge is -2.32. The summed E-state index contributed by atoms with van der Waals surface area (Å²) in [6.07, 6.45) is 5.67. The number of carbonyl (C=O) groups is 1. The van der Waals surface area contributed by atoms with E-state index in [0.29, 0.717) is 6.42 Å². The van der Waals surface area contributed by atoms with Gasteiger partial charge in [-0.15, -0.1) is 0 Å². The summed E-state index contributed by atoms with van der Waals surface area (Å²) in [5.41, 5.74) is 0.866. The molecule has 104 valence electrons. The van der Waals surface area contributed by atoms with E-state index in [-0.39, 0.29) is 5.91 Å². The van der Waals surface area contributed by atoms with Gasteiger partial charge < -0.3 is 10.2 Å². The van der Waals surface area contributed by atoms with E-state index in [1.165, 1.54) is 6.42 Å². The van der Waals surface area contributed by atoms with E-state index in [0.717, 1.165) is 44.1 Å². The summed E-state index contributed by atoms with van der Waals surface area (Å²) in [5, 5.41) is 3.19. The van der Waals surface area contributed by atoms with Crippen LogP contribution in [-0.4, -0.2) is 42.5 Å². The Morgan fingerprint density at radius 2 is 2.21 bits per heavy atom. The number of pyridine rings is 1. The number of amides is 1. The predicted molar refractivity (Wildman–Crippen MR) is 75.8 cm³/mol. The van der Waals surface area contributed by atoms with Crippen LogP contribution in [0.25, 0.3) is 0 Å². The van der Waals surface area contributed by atoms with Gasteiger partial charge in [-0.2, -0.15) is 0 Å². The molecule has 1 aromatic heterocycles. The largest absolute Gasteiger partial charge is 0.342 e. The smallest absolute Gasteiger partial charge is 0.228 e. The summed E-state index contributed by atoms with van der Waals surface area (Å²) in [4.78, 5) is 18.4. The Labute approximate surface area is 115 Å². The molecule has 4 heteroatoms. The molecule has 4 nitrogen and oxygen atoms in total. The van der Waals surface area contributed by atoms with Crippen LogP contribution in [0.1, 0.15) is 25.0 Å². The first-order valence-corrected chi connectivity index (χ1v) is 7.12. The van der Waals surface area contributed by atoms with Gasteiger partial charge in [0.15, 0.2) is 0 Å². The molecule has 0 spiro atoms. The number of carbonyl (C=O) groups excluding carboxylic acids is 1. The number of piperidine rings is 1. The highest BCUT2D eigenvalue weighted by atomic mass is 16.2. The van der Waals surface area contributed by atoms with Crippen molar-refractivity contribution in [2.45, 2.75) is 25.7 Å². The van der Waals surface area contributed by atoms with Gasteiger partial charge in [-0.05, 0) is 50.9 Å². The maximum absolute atomic E-state index is 12.2. The Morgan fingerprint density at radius 3 is 2.84 bits per heavy atom. The van der Waals surface area contributed by atoms with Gasteiger partial charge in [0.25, 0.3) is 0 Å². The first-order valence-electron chi connectivity index (χ1n) is 7.12. The van der Waals surface area contributed by atoms with Gasteiger partial charge in [0.1, 0.15) is 0 Å². The lowest BCUT2D eigenvalue weighted by atomic mass is 9.93. The molecular weight excluding hydrogens is 238 g/mol. The fraction of sp³-hybridized carbons (Fsp3) is 0.600. The monoisotopic (exact) mass is 261 g/mol. The molecule has 1 aromatic rings. The van der Waals surface area contributed by atoms with Crippen LogP contribution >= 0.6 is 0 Å². The van der Waals surface area contributed by atoms with Gasteiger partial charge in [0.2, 0.25) is 5.91 Å². The van der Waals surface area contributed by atoms with Crippen molar-refractivity contribution in [3.8, 4) is 0 Å². The van der Waals surface area contributed by atoms with Gasteiger partial charge in [-0.3, -0.25) is 9.78 Å². The molecule has 0 aromatic carbocycles. The topological polar surface area (TPSA) is 45.2 Å². The second kappa shape index (κ2) is 7.24. The second-order valence-corrected chi connectivity index (χ2v) is 5.21. The van der Waals surface area contributed by atoms with Crippen LogP contribution in [0.3, 0.4) is 0 Å². The van der Waals surface area contributed by atoms with E-state index in [4.69, 9.17) is 0 Å². The predicted octanol–water partition coefficient (Wildman–Crippen LogP) is 1.47. The third-order valence-electron chi connectivity index (χ3n) is 3.83.